The normalized spacial score (nSPS) is 13.8. The molecule has 2 amide bonds. The van der Waals surface area contributed by atoms with Crippen molar-refractivity contribution in [2.24, 2.45) is 0 Å². The largest absolute Gasteiger partial charge is 0.464 e. The minimum absolute atomic E-state index is 0.427. The Morgan fingerprint density at radius 3 is 2.00 bits per heavy atom. The van der Waals surface area contributed by atoms with E-state index in [1.807, 2.05) is 0 Å². The monoisotopic (exact) mass is 434 g/mol. The van der Waals surface area contributed by atoms with E-state index in [1.54, 1.807) is 5.32 Å². The smallest absolute Gasteiger partial charge is 0.426 e. The number of ether oxygens (including phenoxy) is 1. The fourth-order valence-corrected chi connectivity index (χ4v) is 2.68. The maximum Gasteiger partial charge on any atom is 0.426 e. The zero-order valence-corrected chi connectivity index (χ0v) is 15.4. The number of alkyl halides is 6. The standard InChI is InChI=1S/C19H16F6N2O3/c1-2-30-15(28)17(19(23,24)25,12-8-4-3-5-9-12)27-16(29)26-14-11-7-6-10-13(14)18(20,21)22/h3-11H,2H2,1H3,(H2,26,27,29)/t17-/m1/s1. The maximum atomic E-state index is 14.1. The first-order valence-corrected chi connectivity index (χ1v) is 8.48. The van der Waals surface area contributed by atoms with E-state index in [1.165, 1.54) is 30.4 Å². The van der Waals surface area contributed by atoms with Gasteiger partial charge >= 0.3 is 24.4 Å². The summed E-state index contributed by atoms with van der Waals surface area (Å²) >= 11 is 0. The Balaban J connectivity index is 2.50. The fraction of sp³-hybridized carbons (Fsp3) is 0.263. The lowest BCUT2D eigenvalue weighted by molar-refractivity contribution is -0.213. The van der Waals surface area contributed by atoms with Crippen LogP contribution in [0.4, 0.5) is 36.8 Å². The molecule has 2 rings (SSSR count). The summed E-state index contributed by atoms with van der Waals surface area (Å²) in [4.78, 5) is 24.7. The number of hydrogen-bond acceptors (Lipinski definition) is 3. The number of para-hydroxylation sites is 1. The molecule has 2 aromatic rings. The van der Waals surface area contributed by atoms with Gasteiger partial charge in [-0.1, -0.05) is 42.5 Å². The van der Waals surface area contributed by atoms with Crippen molar-refractivity contribution in [2.75, 3.05) is 11.9 Å². The van der Waals surface area contributed by atoms with Gasteiger partial charge in [0.25, 0.3) is 5.54 Å². The van der Waals surface area contributed by atoms with Gasteiger partial charge in [0, 0.05) is 0 Å². The lowest BCUT2D eigenvalue weighted by Crippen LogP contribution is -2.62. The number of amides is 2. The van der Waals surface area contributed by atoms with Crippen LogP contribution < -0.4 is 10.6 Å². The molecule has 30 heavy (non-hydrogen) atoms. The third kappa shape index (κ3) is 4.66. The highest BCUT2D eigenvalue weighted by Crippen LogP contribution is 2.41. The third-order valence-electron chi connectivity index (χ3n) is 4.00. The van der Waals surface area contributed by atoms with Crippen molar-refractivity contribution in [3.8, 4) is 0 Å². The molecule has 0 unspecified atom stereocenters. The number of carbonyl (C=O) groups excluding carboxylic acids is 2. The van der Waals surface area contributed by atoms with Crippen molar-refractivity contribution in [1.82, 2.24) is 5.32 Å². The number of hydrogen-bond donors (Lipinski definition) is 2. The van der Waals surface area contributed by atoms with Crippen LogP contribution in [0.2, 0.25) is 0 Å². The summed E-state index contributed by atoms with van der Waals surface area (Å²) in [7, 11) is 0. The summed E-state index contributed by atoms with van der Waals surface area (Å²) in [6.07, 6.45) is -10.2. The Labute approximate surface area is 167 Å². The summed E-state index contributed by atoms with van der Waals surface area (Å²) in [5.74, 6) is -1.83. The predicted octanol–water partition coefficient (Wildman–Crippen LogP) is 4.85. The quantitative estimate of drug-likeness (QED) is 0.523. The first-order chi connectivity index (χ1) is 13.9. The van der Waals surface area contributed by atoms with Gasteiger partial charge in [0.1, 0.15) is 0 Å². The van der Waals surface area contributed by atoms with Crippen molar-refractivity contribution in [2.45, 2.75) is 24.8 Å². The van der Waals surface area contributed by atoms with Gasteiger partial charge < -0.3 is 15.4 Å². The summed E-state index contributed by atoms with van der Waals surface area (Å²) in [6.45, 7) is 0.841. The number of urea groups is 1. The van der Waals surface area contributed by atoms with Gasteiger partial charge in [0.2, 0.25) is 0 Å². The highest BCUT2D eigenvalue weighted by Gasteiger charge is 2.64. The Hall–Kier alpha value is -3.24. The van der Waals surface area contributed by atoms with Gasteiger partial charge in [-0.05, 0) is 24.6 Å². The SMILES string of the molecule is CCOC(=O)[C@](NC(=O)Nc1ccccc1C(F)(F)F)(c1ccccc1)C(F)(F)F. The van der Waals surface area contributed by atoms with Crippen molar-refractivity contribution >= 4 is 17.7 Å². The molecule has 0 spiro atoms. The van der Waals surface area contributed by atoms with Crippen LogP contribution in [0.25, 0.3) is 0 Å². The molecule has 2 N–H and O–H groups in total. The topological polar surface area (TPSA) is 67.4 Å². The summed E-state index contributed by atoms with van der Waals surface area (Å²) < 4.78 is 86.1. The van der Waals surface area contributed by atoms with E-state index in [9.17, 15) is 35.9 Å². The average Bonchev–Trinajstić information content (AvgIpc) is 2.65. The molecule has 2 aromatic carbocycles. The van der Waals surface area contributed by atoms with Gasteiger partial charge in [0.05, 0.1) is 17.9 Å². The molecule has 162 valence electrons. The molecule has 0 radical (unpaired) electrons. The van der Waals surface area contributed by atoms with Crippen LogP contribution in [0.1, 0.15) is 18.1 Å². The second-order valence-corrected chi connectivity index (χ2v) is 5.96. The zero-order chi connectivity index (χ0) is 22.6. The second kappa shape index (κ2) is 8.64. The number of rotatable bonds is 5. The predicted molar refractivity (Wildman–Crippen MR) is 94.4 cm³/mol. The molecule has 0 bridgehead atoms. The lowest BCUT2D eigenvalue weighted by Gasteiger charge is -2.34. The van der Waals surface area contributed by atoms with Gasteiger partial charge in [-0.3, -0.25) is 0 Å². The molecule has 0 heterocycles. The molecule has 0 saturated heterocycles. The Morgan fingerprint density at radius 2 is 1.47 bits per heavy atom. The molecule has 5 nitrogen and oxygen atoms in total. The number of carbonyl (C=O) groups is 2. The highest BCUT2D eigenvalue weighted by atomic mass is 19.4. The Bertz CT molecular complexity index is 899. The van der Waals surface area contributed by atoms with Crippen LogP contribution in [-0.2, 0) is 21.2 Å². The first-order valence-electron chi connectivity index (χ1n) is 8.48. The van der Waals surface area contributed by atoms with E-state index in [2.05, 4.69) is 4.74 Å². The van der Waals surface area contributed by atoms with Crippen LogP contribution in [0.3, 0.4) is 0 Å². The van der Waals surface area contributed by atoms with Crippen LogP contribution in [-0.4, -0.2) is 24.8 Å². The minimum Gasteiger partial charge on any atom is -0.464 e. The fourth-order valence-electron chi connectivity index (χ4n) is 2.68. The average molecular weight is 434 g/mol. The second-order valence-electron chi connectivity index (χ2n) is 5.96. The highest BCUT2D eigenvalue weighted by molar-refractivity contribution is 5.96. The Morgan fingerprint density at radius 1 is 0.900 bits per heavy atom. The van der Waals surface area contributed by atoms with Gasteiger partial charge in [-0.15, -0.1) is 0 Å². The molecule has 0 aliphatic heterocycles. The van der Waals surface area contributed by atoms with E-state index in [0.717, 1.165) is 30.3 Å². The molecule has 0 aliphatic rings. The maximum absolute atomic E-state index is 14.1. The van der Waals surface area contributed by atoms with Crippen molar-refractivity contribution < 1.29 is 40.7 Å². The number of halogens is 6. The number of anilines is 1. The molecule has 0 aliphatic carbocycles. The Kier molecular flexibility index (Phi) is 6.63. The molecule has 1 atom stereocenters. The first kappa shape index (κ1) is 23.0. The summed E-state index contributed by atoms with van der Waals surface area (Å²) in [5, 5.41) is 3.21. The molecule has 0 saturated carbocycles. The van der Waals surface area contributed by atoms with Gasteiger partial charge in [0.15, 0.2) is 0 Å². The minimum atomic E-state index is -5.37. The van der Waals surface area contributed by atoms with Crippen molar-refractivity contribution in [1.29, 1.82) is 0 Å². The van der Waals surface area contributed by atoms with E-state index < -0.39 is 53.3 Å². The van der Waals surface area contributed by atoms with E-state index in [-0.39, 0.29) is 0 Å². The summed E-state index contributed by atoms with van der Waals surface area (Å²) in [6, 6.07) is 7.71. The van der Waals surface area contributed by atoms with Crippen molar-refractivity contribution in [3.63, 3.8) is 0 Å². The number of esters is 1. The number of nitrogens with one attached hydrogen (secondary N) is 2. The van der Waals surface area contributed by atoms with Crippen LogP contribution >= 0.6 is 0 Å². The molecule has 0 fully saturated rings. The van der Waals surface area contributed by atoms with Crippen LogP contribution in [0.5, 0.6) is 0 Å². The molecular weight excluding hydrogens is 418 g/mol. The lowest BCUT2D eigenvalue weighted by atomic mass is 9.89. The van der Waals surface area contributed by atoms with E-state index >= 15 is 0 Å². The van der Waals surface area contributed by atoms with Crippen LogP contribution in [0, 0.1) is 0 Å². The van der Waals surface area contributed by atoms with E-state index in [0.29, 0.717) is 6.07 Å². The third-order valence-corrected chi connectivity index (χ3v) is 4.00. The zero-order valence-electron chi connectivity index (χ0n) is 15.4. The van der Waals surface area contributed by atoms with Gasteiger partial charge in [-0.2, -0.15) is 26.3 Å². The van der Waals surface area contributed by atoms with Crippen molar-refractivity contribution in [3.05, 3.63) is 65.7 Å². The van der Waals surface area contributed by atoms with Gasteiger partial charge in [-0.25, -0.2) is 9.59 Å². The molecule has 0 aromatic heterocycles. The van der Waals surface area contributed by atoms with Crippen LogP contribution in [0.15, 0.2) is 54.6 Å². The van der Waals surface area contributed by atoms with E-state index in [4.69, 9.17) is 0 Å². The molecule has 11 heteroatoms. The summed E-state index contributed by atoms with van der Waals surface area (Å²) in [5.41, 5.74) is -6.36. The number of benzene rings is 2. The molecular formula is C19H16F6N2O3.